The maximum absolute atomic E-state index is 4.08. The van der Waals surface area contributed by atoms with Gasteiger partial charge in [-0.15, -0.1) is 0 Å². The molecule has 10 heavy (non-hydrogen) atoms. The number of nitrogens with one attached hydrogen (secondary N) is 2. The summed E-state index contributed by atoms with van der Waals surface area (Å²) in [5.74, 6) is 1.76. The van der Waals surface area contributed by atoms with Gasteiger partial charge in [0.1, 0.15) is 0 Å². The van der Waals surface area contributed by atoms with Gasteiger partial charge in [-0.05, 0) is 6.92 Å². The molecule has 0 radical (unpaired) electrons. The van der Waals surface area contributed by atoms with Crippen molar-refractivity contribution in [1.29, 1.82) is 0 Å². The molecular formula is C6H16N2S2. The number of hydrogen-bond acceptors (Lipinski definition) is 4. The van der Waals surface area contributed by atoms with Crippen LogP contribution in [-0.4, -0.2) is 30.8 Å². The van der Waals surface area contributed by atoms with E-state index in [0.29, 0.717) is 6.17 Å². The van der Waals surface area contributed by atoms with Crippen molar-refractivity contribution in [3.63, 3.8) is 0 Å². The van der Waals surface area contributed by atoms with Crippen molar-refractivity contribution >= 4 is 25.3 Å². The van der Waals surface area contributed by atoms with Crippen molar-refractivity contribution in [3.05, 3.63) is 0 Å². The van der Waals surface area contributed by atoms with Gasteiger partial charge in [0.25, 0.3) is 0 Å². The lowest BCUT2D eigenvalue weighted by Crippen LogP contribution is -2.41. The molecule has 0 atom stereocenters. The third-order valence-electron chi connectivity index (χ3n) is 1.12. The normalized spacial score (nSPS) is 10.8. The minimum atomic E-state index is 0.374. The quantitative estimate of drug-likeness (QED) is 0.351. The Hall–Kier alpha value is 0.620. The standard InChI is InChI=1S/C6H16N2S2/c1-6(7-2-4-9)8-3-5-10/h6-10H,2-5H2,1H3. The number of rotatable bonds is 6. The Morgan fingerprint density at radius 3 is 1.80 bits per heavy atom. The van der Waals surface area contributed by atoms with Crippen LogP contribution in [-0.2, 0) is 0 Å². The zero-order chi connectivity index (χ0) is 7.82. The highest BCUT2D eigenvalue weighted by molar-refractivity contribution is 7.80. The van der Waals surface area contributed by atoms with Crippen LogP contribution in [0.5, 0.6) is 0 Å². The molecule has 0 aliphatic carbocycles. The molecule has 0 spiro atoms. The summed E-state index contributed by atoms with van der Waals surface area (Å²) in [4.78, 5) is 0. The fraction of sp³-hybridized carbons (Fsp3) is 1.00. The minimum absolute atomic E-state index is 0.374. The predicted octanol–water partition coefficient (Wildman–Crippen LogP) is 0.371. The van der Waals surface area contributed by atoms with E-state index >= 15 is 0 Å². The van der Waals surface area contributed by atoms with Crippen LogP contribution in [0.3, 0.4) is 0 Å². The van der Waals surface area contributed by atoms with Gasteiger partial charge in [0.15, 0.2) is 0 Å². The van der Waals surface area contributed by atoms with Crippen molar-refractivity contribution in [2.75, 3.05) is 24.6 Å². The highest BCUT2D eigenvalue weighted by atomic mass is 32.1. The zero-order valence-corrected chi connectivity index (χ0v) is 8.09. The van der Waals surface area contributed by atoms with Gasteiger partial charge < -0.3 is 10.6 Å². The molecule has 0 amide bonds. The maximum atomic E-state index is 4.08. The van der Waals surface area contributed by atoms with E-state index in [-0.39, 0.29) is 0 Å². The maximum Gasteiger partial charge on any atom is 0.0543 e. The first kappa shape index (κ1) is 10.6. The van der Waals surface area contributed by atoms with Crippen molar-refractivity contribution in [2.45, 2.75) is 13.1 Å². The van der Waals surface area contributed by atoms with E-state index in [1.807, 2.05) is 0 Å². The number of hydrogen-bond donors (Lipinski definition) is 4. The van der Waals surface area contributed by atoms with E-state index in [4.69, 9.17) is 0 Å². The molecule has 2 N–H and O–H groups in total. The predicted molar refractivity (Wildman–Crippen MR) is 53.2 cm³/mol. The summed E-state index contributed by atoms with van der Waals surface area (Å²) >= 11 is 8.16. The van der Waals surface area contributed by atoms with Crippen LogP contribution in [0.25, 0.3) is 0 Å². The lowest BCUT2D eigenvalue weighted by Gasteiger charge is -2.13. The van der Waals surface area contributed by atoms with Gasteiger partial charge in [-0.25, -0.2) is 0 Å². The molecule has 0 aromatic rings. The van der Waals surface area contributed by atoms with Crippen LogP contribution in [0.4, 0.5) is 0 Å². The highest BCUT2D eigenvalue weighted by Crippen LogP contribution is 1.77. The topological polar surface area (TPSA) is 24.1 Å². The molecule has 4 heteroatoms. The Bertz CT molecular complexity index is 62.8. The first-order chi connectivity index (χ1) is 4.81. The van der Waals surface area contributed by atoms with Crippen LogP contribution >= 0.6 is 25.3 Å². The van der Waals surface area contributed by atoms with Crippen LogP contribution in [0.1, 0.15) is 6.92 Å². The lowest BCUT2D eigenvalue weighted by atomic mass is 10.5. The van der Waals surface area contributed by atoms with Gasteiger partial charge in [0.2, 0.25) is 0 Å². The van der Waals surface area contributed by atoms with E-state index in [0.717, 1.165) is 24.6 Å². The van der Waals surface area contributed by atoms with E-state index in [1.54, 1.807) is 0 Å². The molecule has 0 heterocycles. The molecule has 2 nitrogen and oxygen atoms in total. The van der Waals surface area contributed by atoms with Crippen molar-refractivity contribution in [1.82, 2.24) is 10.6 Å². The summed E-state index contributed by atoms with van der Waals surface area (Å²) in [6, 6.07) is 0. The summed E-state index contributed by atoms with van der Waals surface area (Å²) in [6.45, 7) is 3.99. The average molecular weight is 180 g/mol. The van der Waals surface area contributed by atoms with Crippen LogP contribution < -0.4 is 10.6 Å². The van der Waals surface area contributed by atoms with E-state index in [1.165, 1.54) is 0 Å². The first-order valence-electron chi connectivity index (χ1n) is 3.49. The van der Waals surface area contributed by atoms with Crippen LogP contribution in [0.15, 0.2) is 0 Å². The van der Waals surface area contributed by atoms with Gasteiger partial charge in [-0.3, -0.25) is 0 Å². The summed E-state index contributed by atoms with van der Waals surface area (Å²) in [7, 11) is 0. The molecule has 0 saturated heterocycles. The van der Waals surface area contributed by atoms with E-state index < -0.39 is 0 Å². The third kappa shape index (κ3) is 6.74. The van der Waals surface area contributed by atoms with Gasteiger partial charge in [0, 0.05) is 24.6 Å². The number of thiol groups is 2. The Kier molecular flexibility index (Phi) is 8.20. The Labute approximate surface area is 74.0 Å². The second-order valence-corrected chi connectivity index (χ2v) is 2.97. The molecule has 0 bridgehead atoms. The summed E-state index contributed by atoms with van der Waals surface area (Å²) in [5, 5.41) is 6.49. The molecule has 0 unspecified atom stereocenters. The second kappa shape index (κ2) is 7.72. The van der Waals surface area contributed by atoms with Gasteiger partial charge in [0.05, 0.1) is 6.17 Å². The molecule has 0 aliphatic rings. The molecule has 0 aromatic heterocycles. The molecule has 0 fully saturated rings. The smallest absolute Gasteiger partial charge is 0.0543 e. The van der Waals surface area contributed by atoms with Crippen molar-refractivity contribution < 1.29 is 0 Å². The zero-order valence-electron chi connectivity index (χ0n) is 6.30. The molecule has 0 rings (SSSR count). The van der Waals surface area contributed by atoms with E-state index in [2.05, 4.69) is 42.8 Å². The van der Waals surface area contributed by atoms with Gasteiger partial charge in [-0.2, -0.15) is 25.3 Å². The monoisotopic (exact) mass is 180 g/mol. The molecule has 0 saturated carbocycles. The SMILES string of the molecule is CC(NCCS)NCCS. The summed E-state index contributed by atoms with van der Waals surface area (Å²) in [5.41, 5.74) is 0. The Morgan fingerprint density at radius 1 is 1.10 bits per heavy atom. The van der Waals surface area contributed by atoms with Gasteiger partial charge >= 0.3 is 0 Å². The lowest BCUT2D eigenvalue weighted by molar-refractivity contribution is 0.481. The van der Waals surface area contributed by atoms with Crippen molar-refractivity contribution in [2.24, 2.45) is 0 Å². The summed E-state index contributed by atoms with van der Waals surface area (Å²) in [6.07, 6.45) is 0.374. The Balaban J connectivity index is 3.00. The fourth-order valence-electron chi connectivity index (χ4n) is 0.634. The molecule has 0 aliphatic heterocycles. The molecular weight excluding hydrogens is 164 g/mol. The second-order valence-electron chi connectivity index (χ2n) is 2.08. The molecule has 0 aromatic carbocycles. The van der Waals surface area contributed by atoms with Gasteiger partial charge in [-0.1, -0.05) is 0 Å². The third-order valence-corrected chi connectivity index (χ3v) is 1.57. The fourth-order valence-corrected chi connectivity index (χ4v) is 0.892. The van der Waals surface area contributed by atoms with Crippen LogP contribution in [0.2, 0.25) is 0 Å². The van der Waals surface area contributed by atoms with Crippen LogP contribution in [0, 0.1) is 0 Å². The first-order valence-corrected chi connectivity index (χ1v) is 4.76. The van der Waals surface area contributed by atoms with E-state index in [9.17, 15) is 0 Å². The Morgan fingerprint density at radius 2 is 1.50 bits per heavy atom. The summed E-state index contributed by atoms with van der Waals surface area (Å²) < 4.78 is 0. The highest BCUT2D eigenvalue weighted by Gasteiger charge is 1.95. The van der Waals surface area contributed by atoms with Crippen molar-refractivity contribution in [3.8, 4) is 0 Å². The molecule has 62 valence electrons. The minimum Gasteiger partial charge on any atom is -0.301 e. The largest absolute Gasteiger partial charge is 0.301 e. The average Bonchev–Trinajstić information content (AvgIpc) is 1.97.